The minimum Gasteiger partial charge on any atom is -0.336 e. The van der Waals surface area contributed by atoms with Gasteiger partial charge in [-0.1, -0.05) is 173 Å². The predicted octanol–water partition coefficient (Wildman–Crippen LogP) is 17.0. The van der Waals surface area contributed by atoms with E-state index >= 15 is 0 Å². The summed E-state index contributed by atoms with van der Waals surface area (Å²) >= 11 is 1.86. The number of hydrogen-bond donors (Lipinski definition) is 0. The van der Waals surface area contributed by atoms with Gasteiger partial charge in [0.05, 0.1) is 28.1 Å². The lowest BCUT2D eigenvalue weighted by molar-refractivity contribution is 0.954. The molecule has 9 rings (SSSR count). The van der Waals surface area contributed by atoms with Gasteiger partial charge in [0, 0.05) is 27.1 Å². The van der Waals surface area contributed by atoms with E-state index in [0.29, 0.717) is 0 Å². The van der Waals surface area contributed by atoms with E-state index < -0.39 is 0 Å². The van der Waals surface area contributed by atoms with Crippen molar-refractivity contribution in [3.05, 3.63) is 207 Å². The van der Waals surface area contributed by atoms with E-state index in [9.17, 15) is 0 Å². The van der Waals surface area contributed by atoms with Gasteiger partial charge in [0.1, 0.15) is 5.82 Å². The van der Waals surface area contributed by atoms with Gasteiger partial charge in [0.15, 0.2) is 0 Å². The minimum absolute atomic E-state index is 0.734. The van der Waals surface area contributed by atoms with Gasteiger partial charge in [-0.3, -0.25) is 4.57 Å². The normalized spacial score (nSPS) is 13.6. The molecular weight excluding hydrogens is 771 g/mol. The average molecular weight is 826 g/mol. The molecule has 0 fully saturated rings. The van der Waals surface area contributed by atoms with Gasteiger partial charge in [0.2, 0.25) is 0 Å². The summed E-state index contributed by atoms with van der Waals surface area (Å²) in [5, 5.41) is 4.87. The van der Waals surface area contributed by atoms with Crippen LogP contribution in [0.1, 0.15) is 64.1 Å². The molecular formula is C58H55N3S. The van der Waals surface area contributed by atoms with Crippen LogP contribution in [-0.4, -0.2) is 16.1 Å². The molecule has 62 heavy (non-hydrogen) atoms. The topological polar surface area (TPSA) is 21.1 Å². The standard InChI is InChI=1S/C56H49N3S.C2H6/c1-4-7-9-10-11-14-21-35-58-50-27-19-20-28-53(50)60-54-34-31-44(38-52(54)58)43-30-32-49-47(36-43)56-46-26-18-17-25-42(46)29-33-51(56)59(49)55-39-45(41-23-15-12-13-16-24-41)37-48(57-55)40(6-3)22-8-5-2;1-2/h5-6,9-10,12-15,17-34,36-39H,2-4,7-8,11,16,35H2,1H3;1-2H3/b10-9-,21-14-,40-22+;. The Morgan fingerprint density at radius 3 is 2.39 bits per heavy atom. The predicted molar refractivity (Wildman–Crippen MR) is 272 cm³/mol. The smallest absolute Gasteiger partial charge is 0.138 e. The number of pyridine rings is 1. The van der Waals surface area contributed by atoms with Crippen molar-refractivity contribution in [3.8, 4) is 16.9 Å². The van der Waals surface area contributed by atoms with Crippen LogP contribution in [0.2, 0.25) is 0 Å². The van der Waals surface area contributed by atoms with Crippen molar-refractivity contribution in [2.45, 2.75) is 62.7 Å². The summed E-state index contributed by atoms with van der Waals surface area (Å²) in [5.74, 6) is 0.873. The third-order valence-electron chi connectivity index (χ3n) is 11.4. The molecule has 0 spiro atoms. The molecule has 2 aliphatic rings. The molecule has 0 radical (unpaired) electrons. The van der Waals surface area contributed by atoms with Gasteiger partial charge >= 0.3 is 0 Å². The van der Waals surface area contributed by atoms with Gasteiger partial charge in [0.25, 0.3) is 0 Å². The van der Waals surface area contributed by atoms with Gasteiger partial charge in [-0.2, -0.15) is 0 Å². The number of benzene rings is 5. The van der Waals surface area contributed by atoms with E-state index in [1.54, 1.807) is 0 Å². The van der Waals surface area contributed by atoms with E-state index in [1.807, 2.05) is 37.8 Å². The molecule has 0 saturated heterocycles. The van der Waals surface area contributed by atoms with Crippen LogP contribution in [0.15, 0.2) is 205 Å². The van der Waals surface area contributed by atoms with Gasteiger partial charge in [-0.15, -0.1) is 6.58 Å². The zero-order chi connectivity index (χ0) is 42.8. The Hall–Kier alpha value is -6.62. The summed E-state index contributed by atoms with van der Waals surface area (Å²) < 4.78 is 2.35. The van der Waals surface area contributed by atoms with Crippen molar-refractivity contribution in [1.82, 2.24) is 9.55 Å². The molecule has 2 aromatic heterocycles. The molecule has 0 N–H and O–H groups in total. The van der Waals surface area contributed by atoms with Crippen LogP contribution in [0.3, 0.4) is 0 Å². The zero-order valence-corrected chi connectivity index (χ0v) is 37.0. The van der Waals surface area contributed by atoms with E-state index in [0.717, 1.165) is 65.9 Å². The fourth-order valence-corrected chi connectivity index (χ4v) is 9.48. The van der Waals surface area contributed by atoms with Crippen LogP contribution in [0.25, 0.3) is 60.7 Å². The van der Waals surface area contributed by atoms with E-state index in [2.05, 4.69) is 200 Å². The van der Waals surface area contributed by atoms with Crippen molar-refractivity contribution in [2.24, 2.45) is 0 Å². The number of nitrogens with zero attached hydrogens (tertiary/aromatic N) is 3. The molecule has 3 heterocycles. The van der Waals surface area contributed by atoms with Crippen molar-refractivity contribution in [2.75, 3.05) is 11.4 Å². The van der Waals surface area contributed by atoms with Crippen LogP contribution in [0.5, 0.6) is 0 Å². The maximum atomic E-state index is 5.41. The lowest BCUT2D eigenvalue weighted by Gasteiger charge is -2.32. The van der Waals surface area contributed by atoms with E-state index in [1.165, 1.54) is 65.8 Å². The summed E-state index contributed by atoms with van der Waals surface area (Å²) in [7, 11) is 0. The molecule has 0 unspecified atom stereocenters. The maximum absolute atomic E-state index is 5.41. The maximum Gasteiger partial charge on any atom is 0.138 e. The third-order valence-corrected chi connectivity index (χ3v) is 12.5. The first-order chi connectivity index (χ1) is 30.6. The van der Waals surface area contributed by atoms with E-state index in [4.69, 9.17) is 4.98 Å². The van der Waals surface area contributed by atoms with Crippen LogP contribution in [0.4, 0.5) is 11.4 Å². The Labute approximate surface area is 372 Å². The average Bonchev–Trinajstić information content (AvgIpc) is 3.42. The number of hydrogen-bond acceptors (Lipinski definition) is 3. The monoisotopic (exact) mass is 825 g/mol. The molecule has 0 amide bonds. The Morgan fingerprint density at radius 2 is 1.52 bits per heavy atom. The number of para-hydroxylation sites is 1. The summed E-state index contributed by atoms with van der Waals surface area (Å²) in [6, 6.07) is 40.4. The number of anilines is 2. The first kappa shape index (κ1) is 42.1. The van der Waals surface area contributed by atoms with Gasteiger partial charge < -0.3 is 4.90 Å². The van der Waals surface area contributed by atoms with E-state index in [-0.39, 0.29) is 0 Å². The highest BCUT2D eigenvalue weighted by Crippen LogP contribution is 2.49. The number of rotatable bonds is 13. The lowest BCUT2D eigenvalue weighted by Crippen LogP contribution is -2.20. The highest BCUT2D eigenvalue weighted by atomic mass is 32.2. The fourth-order valence-electron chi connectivity index (χ4n) is 8.40. The van der Waals surface area contributed by atoms with Crippen molar-refractivity contribution in [3.63, 3.8) is 0 Å². The quantitative estimate of drug-likeness (QED) is 0.0854. The molecule has 0 saturated carbocycles. The molecule has 1 aliphatic carbocycles. The minimum atomic E-state index is 0.734. The molecule has 4 heteroatoms. The van der Waals surface area contributed by atoms with Gasteiger partial charge in [-0.05, 0) is 119 Å². The largest absolute Gasteiger partial charge is 0.336 e. The van der Waals surface area contributed by atoms with Crippen LogP contribution < -0.4 is 4.90 Å². The SMILES string of the molecule is C=CC/C=C(\C=C)c1cc(C2=CCC=CC=C2)cc(-n2c3ccc(-c4ccc5c(c4)N(C/C=C\C/C=C\CCC)c4ccccc4S5)cc3c3c4ccccc4ccc32)n1.CC. The molecule has 3 nitrogen and oxygen atoms in total. The summed E-state index contributed by atoms with van der Waals surface area (Å²) in [5.41, 5.74) is 11.3. The highest BCUT2D eigenvalue weighted by molar-refractivity contribution is 7.99. The van der Waals surface area contributed by atoms with Crippen LogP contribution >= 0.6 is 11.8 Å². The number of allylic oxidation sites excluding steroid dienone is 13. The molecule has 0 bridgehead atoms. The van der Waals surface area contributed by atoms with Gasteiger partial charge in [-0.25, -0.2) is 4.98 Å². The highest BCUT2D eigenvalue weighted by Gasteiger charge is 2.24. The second-order valence-electron chi connectivity index (χ2n) is 15.2. The Morgan fingerprint density at radius 1 is 0.726 bits per heavy atom. The van der Waals surface area contributed by atoms with Crippen molar-refractivity contribution < 1.29 is 0 Å². The van der Waals surface area contributed by atoms with Crippen molar-refractivity contribution in [1.29, 1.82) is 0 Å². The Balaban J connectivity index is 0.00000261. The molecule has 308 valence electrons. The lowest BCUT2D eigenvalue weighted by atomic mass is 9.99. The zero-order valence-electron chi connectivity index (χ0n) is 36.2. The molecule has 7 aromatic rings. The first-order valence-electron chi connectivity index (χ1n) is 22.1. The Kier molecular flexibility index (Phi) is 13.5. The number of fused-ring (bicyclic) bond motifs is 7. The number of aromatic nitrogens is 2. The second kappa shape index (κ2) is 19.8. The van der Waals surface area contributed by atoms with Crippen LogP contribution in [0, 0.1) is 0 Å². The van der Waals surface area contributed by atoms with Crippen LogP contribution in [-0.2, 0) is 0 Å². The fraction of sp³-hybridized carbons (Fsp3) is 0.155. The Bertz CT molecular complexity index is 2970. The summed E-state index contributed by atoms with van der Waals surface area (Å²) in [4.78, 5) is 10.4. The summed E-state index contributed by atoms with van der Waals surface area (Å²) in [6.07, 6.45) is 30.9. The second-order valence-corrected chi connectivity index (χ2v) is 16.3. The molecule has 0 atom stereocenters. The molecule has 5 aromatic carbocycles. The third kappa shape index (κ3) is 8.62. The van der Waals surface area contributed by atoms with Crippen molar-refractivity contribution >= 4 is 66.9 Å². The first-order valence-corrected chi connectivity index (χ1v) is 22.9. The summed E-state index contributed by atoms with van der Waals surface area (Å²) in [6.45, 7) is 15.2. The molecule has 1 aliphatic heterocycles. The number of unbranched alkanes of at least 4 members (excludes halogenated alkanes) is 1.